The summed E-state index contributed by atoms with van der Waals surface area (Å²) in [5.41, 5.74) is -2.75. The molecule has 2 aromatic carbocycles. The fourth-order valence-corrected chi connectivity index (χ4v) is 1.82. The molecule has 120 valence electrons. The number of benzene rings is 2. The molecule has 2 aromatic rings. The van der Waals surface area contributed by atoms with Crippen molar-refractivity contribution in [3.05, 3.63) is 72.3 Å². The molecule has 0 atom stereocenters. The van der Waals surface area contributed by atoms with E-state index in [-0.39, 0.29) is 11.3 Å². The highest BCUT2D eigenvalue weighted by Crippen LogP contribution is 2.43. The topological polar surface area (TPSA) is 162 Å². The number of rotatable bonds is 5. The zero-order valence-electron chi connectivity index (χ0n) is 11.6. The zero-order valence-corrected chi connectivity index (χ0v) is 11.6. The standard InChI is InChI=1S/C13H6N4O7/c14-7-8-3-1-2-4-12(8)24-13-10(16(20)21)5-9(15(18)19)6-11(13)17(22)23/h1-6H. The molecule has 0 spiro atoms. The average molecular weight is 330 g/mol. The van der Waals surface area contributed by atoms with Crippen molar-refractivity contribution in [2.45, 2.75) is 0 Å². The smallest absolute Gasteiger partial charge is 0.325 e. The maximum atomic E-state index is 11.1. The van der Waals surface area contributed by atoms with Crippen LogP contribution in [0.25, 0.3) is 0 Å². The molecule has 0 aliphatic heterocycles. The fraction of sp³-hybridized carbons (Fsp3) is 0. The van der Waals surface area contributed by atoms with Crippen molar-refractivity contribution in [2.75, 3.05) is 0 Å². The molecule has 0 unspecified atom stereocenters. The van der Waals surface area contributed by atoms with Crippen LogP contribution < -0.4 is 4.74 Å². The van der Waals surface area contributed by atoms with Crippen LogP contribution in [-0.2, 0) is 0 Å². The summed E-state index contributed by atoms with van der Waals surface area (Å²) in [7, 11) is 0. The van der Waals surface area contributed by atoms with Crippen LogP contribution in [0.5, 0.6) is 11.5 Å². The Balaban J connectivity index is 2.71. The van der Waals surface area contributed by atoms with Gasteiger partial charge in [-0.2, -0.15) is 5.26 Å². The third kappa shape index (κ3) is 3.07. The number of non-ortho nitro benzene ring substituents is 1. The van der Waals surface area contributed by atoms with Crippen LogP contribution in [-0.4, -0.2) is 14.8 Å². The summed E-state index contributed by atoms with van der Waals surface area (Å²) in [5.74, 6) is -0.946. The van der Waals surface area contributed by atoms with Crippen molar-refractivity contribution in [2.24, 2.45) is 0 Å². The van der Waals surface area contributed by atoms with Gasteiger partial charge in [-0.3, -0.25) is 30.3 Å². The van der Waals surface area contributed by atoms with Crippen LogP contribution in [0.4, 0.5) is 17.1 Å². The van der Waals surface area contributed by atoms with Gasteiger partial charge in [0.05, 0.1) is 32.5 Å². The molecule has 11 nitrogen and oxygen atoms in total. The lowest BCUT2D eigenvalue weighted by Gasteiger charge is -2.08. The minimum absolute atomic E-state index is 0.0144. The van der Waals surface area contributed by atoms with Gasteiger partial charge >= 0.3 is 11.4 Å². The van der Waals surface area contributed by atoms with Crippen molar-refractivity contribution < 1.29 is 19.5 Å². The number of nitriles is 1. The molecule has 0 N–H and O–H groups in total. The first-order valence-corrected chi connectivity index (χ1v) is 6.13. The summed E-state index contributed by atoms with van der Waals surface area (Å²) in [6.07, 6.45) is 0. The van der Waals surface area contributed by atoms with Crippen LogP contribution in [0, 0.1) is 41.7 Å². The number of hydrogen-bond acceptors (Lipinski definition) is 8. The number of nitro groups is 3. The molecule has 0 aliphatic rings. The molecule has 0 aromatic heterocycles. The molecule has 0 saturated heterocycles. The van der Waals surface area contributed by atoms with E-state index in [2.05, 4.69) is 0 Å². The predicted molar refractivity (Wildman–Crippen MR) is 77.6 cm³/mol. The van der Waals surface area contributed by atoms with Crippen molar-refractivity contribution in [3.8, 4) is 17.6 Å². The number of nitro benzene ring substituents is 3. The van der Waals surface area contributed by atoms with Gasteiger partial charge in [-0.25, -0.2) is 0 Å². The molecular formula is C13H6N4O7. The van der Waals surface area contributed by atoms with Gasteiger partial charge in [0, 0.05) is 0 Å². The maximum Gasteiger partial charge on any atom is 0.325 e. The van der Waals surface area contributed by atoms with Crippen LogP contribution in [0.15, 0.2) is 36.4 Å². The highest BCUT2D eigenvalue weighted by atomic mass is 16.6. The molecule has 24 heavy (non-hydrogen) atoms. The second-order valence-corrected chi connectivity index (χ2v) is 4.29. The molecule has 0 bridgehead atoms. The summed E-state index contributed by atoms with van der Waals surface area (Å²) in [4.78, 5) is 30.0. The van der Waals surface area contributed by atoms with Gasteiger partial charge in [-0.1, -0.05) is 12.1 Å². The lowest BCUT2D eigenvalue weighted by atomic mass is 10.2. The summed E-state index contributed by atoms with van der Waals surface area (Å²) in [6, 6.07) is 8.47. The van der Waals surface area contributed by atoms with E-state index >= 15 is 0 Å². The Kier molecular flexibility index (Phi) is 4.32. The van der Waals surface area contributed by atoms with Crippen LogP contribution in [0.2, 0.25) is 0 Å². The minimum Gasteiger partial charge on any atom is -0.443 e. The minimum atomic E-state index is -1.04. The molecular weight excluding hydrogens is 324 g/mol. The highest BCUT2D eigenvalue weighted by molar-refractivity contribution is 5.67. The van der Waals surface area contributed by atoms with Gasteiger partial charge in [0.15, 0.2) is 0 Å². The van der Waals surface area contributed by atoms with E-state index in [9.17, 15) is 30.3 Å². The van der Waals surface area contributed by atoms with Crippen molar-refractivity contribution in [3.63, 3.8) is 0 Å². The van der Waals surface area contributed by atoms with Gasteiger partial charge in [-0.15, -0.1) is 0 Å². The number of ether oxygens (including phenoxy) is 1. The molecule has 11 heteroatoms. The second-order valence-electron chi connectivity index (χ2n) is 4.29. The highest BCUT2D eigenvalue weighted by Gasteiger charge is 2.33. The number of para-hydroxylation sites is 1. The third-order valence-electron chi connectivity index (χ3n) is 2.86. The summed E-state index contributed by atoms with van der Waals surface area (Å²) >= 11 is 0. The van der Waals surface area contributed by atoms with E-state index in [0.717, 1.165) is 0 Å². The normalized spacial score (nSPS) is 9.79. The zero-order chi connectivity index (χ0) is 17.9. The van der Waals surface area contributed by atoms with E-state index < -0.39 is 37.6 Å². The van der Waals surface area contributed by atoms with E-state index in [1.54, 1.807) is 6.07 Å². The Labute approximate surface area is 132 Å². The first-order valence-electron chi connectivity index (χ1n) is 6.13. The average Bonchev–Trinajstić information content (AvgIpc) is 2.54. The van der Waals surface area contributed by atoms with Gasteiger partial charge in [0.2, 0.25) is 0 Å². The van der Waals surface area contributed by atoms with Gasteiger partial charge in [-0.05, 0) is 12.1 Å². The Morgan fingerprint density at radius 3 is 1.92 bits per heavy atom. The lowest BCUT2D eigenvalue weighted by molar-refractivity contribution is -0.404. The molecule has 0 saturated carbocycles. The lowest BCUT2D eigenvalue weighted by Crippen LogP contribution is -2.01. The van der Waals surface area contributed by atoms with Gasteiger partial charge in [0.25, 0.3) is 11.4 Å². The molecule has 0 heterocycles. The van der Waals surface area contributed by atoms with Crippen molar-refractivity contribution >= 4 is 17.1 Å². The maximum absolute atomic E-state index is 11.1. The van der Waals surface area contributed by atoms with E-state index in [1.165, 1.54) is 24.3 Å². The fourth-order valence-electron chi connectivity index (χ4n) is 1.82. The van der Waals surface area contributed by atoms with Crippen LogP contribution >= 0.6 is 0 Å². The first-order chi connectivity index (χ1) is 11.3. The Bertz CT molecular complexity index is 868. The summed E-state index contributed by atoms with van der Waals surface area (Å²) < 4.78 is 5.19. The first kappa shape index (κ1) is 16.3. The second kappa shape index (κ2) is 6.36. The monoisotopic (exact) mass is 330 g/mol. The van der Waals surface area contributed by atoms with Crippen LogP contribution in [0.1, 0.15) is 5.56 Å². The Morgan fingerprint density at radius 1 is 0.917 bits per heavy atom. The Hall–Kier alpha value is -4.07. The molecule has 0 fully saturated rings. The summed E-state index contributed by atoms with van der Waals surface area (Å²) in [5, 5.41) is 42.0. The van der Waals surface area contributed by atoms with E-state index in [1.807, 2.05) is 0 Å². The van der Waals surface area contributed by atoms with Crippen molar-refractivity contribution in [1.82, 2.24) is 0 Å². The van der Waals surface area contributed by atoms with Crippen LogP contribution in [0.3, 0.4) is 0 Å². The van der Waals surface area contributed by atoms with Gasteiger partial charge in [0.1, 0.15) is 11.8 Å². The Morgan fingerprint density at radius 2 is 1.46 bits per heavy atom. The quantitative estimate of drug-likeness (QED) is 0.596. The number of hydrogen-bond donors (Lipinski definition) is 0. The molecule has 2 rings (SSSR count). The molecule has 0 amide bonds. The van der Waals surface area contributed by atoms with Crippen molar-refractivity contribution in [1.29, 1.82) is 5.26 Å². The van der Waals surface area contributed by atoms with Gasteiger partial charge < -0.3 is 4.74 Å². The molecule has 0 radical (unpaired) electrons. The molecule has 0 aliphatic carbocycles. The SMILES string of the molecule is N#Cc1ccccc1Oc1c([N+](=O)[O-])cc([N+](=O)[O-])cc1[N+](=O)[O-]. The van der Waals surface area contributed by atoms with E-state index in [4.69, 9.17) is 10.00 Å². The number of nitrogens with zero attached hydrogens (tertiary/aromatic N) is 4. The largest absolute Gasteiger partial charge is 0.443 e. The van der Waals surface area contributed by atoms with E-state index in [0.29, 0.717) is 12.1 Å². The summed E-state index contributed by atoms with van der Waals surface area (Å²) in [6.45, 7) is 0. The third-order valence-corrected chi connectivity index (χ3v) is 2.86. The predicted octanol–water partition coefficient (Wildman–Crippen LogP) is 3.08.